The first-order chi connectivity index (χ1) is 7.54. The zero-order valence-corrected chi connectivity index (χ0v) is 10.4. The Bertz CT molecular complexity index is 384. The van der Waals surface area contributed by atoms with E-state index in [1.54, 1.807) is 19.2 Å². The number of hydrogen-bond donors (Lipinski definition) is 1. The number of nitrogens with zero attached hydrogens (tertiary/aromatic N) is 1. The molecule has 6 heteroatoms. The average Bonchev–Trinajstić information content (AvgIpc) is 2.20. The first-order valence-corrected chi connectivity index (χ1v) is 5.51. The van der Waals surface area contributed by atoms with Gasteiger partial charge < -0.3 is 10.5 Å². The number of benzene rings is 1. The van der Waals surface area contributed by atoms with Crippen LogP contribution < -0.4 is 5.73 Å². The Hall–Kier alpha value is -0.980. The molecular weight excluding hydrogens is 276 g/mol. The highest BCUT2D eigenvalue weighted by Crippen LogP contribution is 2.24. The summed E-state index contributed by atoms with van der Waals surface area (Å²) in [5.74, 6) is 0. The fourth-order valence-corrected chi connectivity index (χ4v) is 1.78. The standard InChI is InChI=1S/C10H13BrN2O3/c1-16-6-9(12)4-7-2-3-8(11)5-10(7)13(14)15/h2-3,5,9H,4,6,12H2,1H3. The van der Waals surface area contributed by atoms with E-state index >= 15 is 0 Å². The Morgan fingerprint density at radius 2 is 2.31 bits per heavy atom. The maximum absolute atomic E-state index is 10.8. The highest BCUT2D eigenvalue weighted by molar-refractivity contribution is 9.10. The fourth-order valence-electron chi connectivity index (χ4n) is 1.44. The summed E-state index contributed by atoms with van der Waals surface area (Å²) in [4.78, 5) is 10.4. The molecule has 0 spiro atoms. The minimum absolute atomic E-state index is 0.0842. The monoisotopic (exact) mass is 288 g/mol. The lowest BCUT2D eigenvalue weighted by atomic mass is 10.1. The molecule has 5 nitrogen and oxygen atoms in total. The lowest BCUT2D eigenvalue weighted by Crippen LogP contribution is -2.28. The Morgan fingerprint density at radius 3 is 2.88 bits per heavy atom. The molecule has 0 bridgehead atoms. The maximum atomic E-state index is 10.8. The molecule has 2 N–H and O–H groups in total. The molecular formula is C10H13BrN2O3. The van der Waals surface area contributed by atoms with Gasteiger partial charge in [0.2, 0.25) is 0 Å². The van der Waals surface area contributed by atoms with Crippen LogP contribution in [0.3, 0.4) is 0 Å². The van der Waals surface area contributed by atoms with E-state index in [0.29, 0.717) is 23.1 Å². The second-order valence-electron chi connectivity index (χ2n) is 3.45. The fraction of sp³-hybridized carbons (Fsp3) is 0.400. The molecule has 16 heavy (non-hydrogen) atoms. The Morgan fingerprint density at radius 1 is 1.62 bits per heavy atom. The van der Waals surface area contributed by atoms with Gasteiger partial charge in [0.05, 0.1) is 11.5 Å². The van der Waals surface area contributed by atoms with Gasteiger partial charge in [0.15, 0.2) is 0 Å². The minimum atomic E-state index is -0.403. The molecule has 1 rings (SSSR count). The smallest absolute Gasteiger partial charge is 0.273 e. The second-order valence-corrected chi connectivity index (χ2v) is 4.37. The van der Waals surface area contributed by atoms with Gasteiger partial charge in [-0.2, -0.15) is 0 Å². The lowest BCUT2D eigenvalue weighted by molar-refractivity contribution is -0.385. The third-order valence-electron chi connectivity index (χ3n) is 2.11. The van der Waals surface area contributed by atoms with Crippen molar-refractivity contribution in [3.63, 3.8) is 0 Å². The van der Waals surface area contributed by atoms with Gasteiger partial charge in [-0.15, -0.1) is 0 Å². The van der Waals surface area contributed by atoms with Gasteiger partial charge in [0.25, 0.3) is 5.69 Å². The molecule has 0 heterocycles. The van der Waals surface area contributed by atoms with Crippen molar-refractivity contribution in [2.24, 2.45) is 5.73 Å². The number of methoxy groups -OCH3 is 1. The van der Waals surface area contributed by atoms with E-state index < -0.39 is 4.92 Å². The summed E-state index contributed by atoms with van der Waals surface area (Å²) in [5, 5.41) is 10.8. The molecule has 0 saturated heterocycles. The van der Waals surface area contributed by atoms with Crippen LogP contribution in [-0.4, -0.2) is 24.7 Å². The molecule has 0 aliphatic heterocycles. The van der Waals surface area contributed by atoms with Crippen LogP contribution in [0.2, 0.25) is 0 Å². The summed E-state index contributed by atoms with van der Waals surface area (Å²) >= 11 is 3.20. The van der Waals surface area contributed by atoms with Gasteiger partial charge in [0, 0.05) is 29.3 Å². The zero-order chi connectivity index (χ0) is 12.1. The van der Waals surface area contributed by atoms with Gasteiger partial charge in [-0.3, -0.25) is 10.1 Å². The van der Waals surface area contributed by atoms with Crippen LogP contribution in [0.5, 0.6) is 0 Å². The van der Waals surface area contributed by atoms with Crippen LogP contribution in [0, 0.1) is 10.1 Å². The molecule has 0 aromatic heterocycles. The molecule has 1 aromatic carbocycles. The van der Waals surface area contributed by atoms with Crippen molar-refractivity contribution < 1.29 is 9.66 Å². The molecule has 0 aliphatic carbocycles. The van der Waals surface area contributed by atoms with E-state index in [1.165, 1.54) is 6.07 Å². The number of nitrogens with two attached hydrogens (primary N) is 1. The highest BCUT2D eigenvalue weighted by atomic mass is 79.9. The van der Waals surface area contributed by atoms with E-state index in [9.17, 15) is 10.1 Å². The number of nitro groups is 1. The SMILES string of the molecule is COCC(N)Cc1ccc(Br)cc1[N+](=O)[O-]. The Kier molecular flexibility index (Phi) is 4.85. The van der Waals surface area contributed by atoms with E-state index in [2.05, 4.69) is 15.9 Å². The number of hydrogen-bond acceptors (Lipinski definition) is 4. The van der Waals surface area contributed by atoms with Gasteiger partial charge in [-0.25, -0.2) is 0 Å². The van der Waals surface area contributed by atoms with Crippen LogP contribution >= 0.6 is 15.9 Å². The van der Waals surface area contributed by atoms with Gasteiger partial charge in [-0.1, -0.05) is 22.0 Å². The second kappa shape index (κ2) is 5.93. The van der Waals surface area contributed by atoms with Crippen LogP contribution in [-0.2, 0) is 11.2 Å². The van der Waals surface area contributed by atoms with Gasteiger partial charge in [0.1, 0.15) is 0 Å². The molecule has 0 aliphatic rings. The van der Waals surface area contributed by atoms with Crippen LogP contribution in [0.15, 0.2) is 22.7 Å². The zero-order valence-electron chi connectivity index (χ0n) is 8.85. The van der Waals surface area contributed by atoms with Crippen molar-refractivity contribution in [2.45, 2.75) is 12.5 Å². The normalized spacial score (nSPS) is 12.4. The molecule has 1 unspecified atom stereocenters. The van der Waals surface area contributed by atoms with E-state index in [1.807, 2.05) is 0 Å². The third kappa shape index (κ3) is 3.55. The average molecular weight is 289 g/mol. The quantitative estimate of drug-likeness (QED) is 0.663. The lowest BCUT2D eigenvalue weighted by Gasteiger charge is -2.10. The van der Waals surface area contributed by atoms with E-state index in [-0.39, 0.29) is 11.7 Å². The molecule has 0 saturated carbocycles. The number of nitro benzene ring substituents is 1. The number of rotatable bonds is 5. The van der Waals surface area contributed by atoms with E-state index in [0.717, 1.165) is 0 Å². The summed E-state index contributed by atoms with van der Waals surface area (Å²) in [6.07, 6.45) is 0.428. The first kappa shape index (κ1) is 13.1. The third-order valence-corrected chi connectivity index (χ3v) is 2.60. The van der Waals surface area contributed by atoms with Gasteiger partial charge in [-0.05, 0) is 12.5 Å². The van der Waals surface area contributed by atoms with Crippen molar-refractivity contribution in [3.8, 4) is 0 Å². The summed E-state index contributed by atoms with van der Waals surface area (Å²) in [6, 6.07) is 4.72. The highest BCUT2D eigenvalue weighted by Gasteiger charge is 2.16. The summed E-state index contributed by atoms with van der Waals surface area (Å²) < 4.78 is 5.58. The number of ether oxygens (including phenoxy) is 1. The van der Waals surface area contributed by atoms with Crippen LogP contribution in [0.1, 0.15) is 5.56 Å². The predicted octanol–water partition coefficient (Wildman–Crippen LogP) is 1.87. The minimum Gasteiger partial charge on any atom is -0.383 e. The summed E-state index contributed by atoms with van der Waals surface area (Å²) in [6.45, 7) is 0.382. The van der Waals surface area contributed by atoms with Crippen LogP contribution in [0.25, 0.3) is 0 Å². The van der Waals surface area contributed by atoms with E-state index in [4.69, 9.17) is 10.5 Å². The van der Waals surface area contributed by atoms with Gasteiger partial charge >= 0.3 is 0 Å². The Labute approximate surface area is 102 Å². The molecule has 88 valence electrons. The maximum Gasteiger partial charge on any atom is 0.273 e. The summed E-state index contributed by atoms with van der Waals surface area (Å²) in [7, 11) is 1.55. The molecule has 0 radical (unpaired) electrons. The van der Waals surface area contributed by atoms with Crippen LogP contribution in [0.4, 0.5) is 5.69 Å². The largest absolute Gasteiger partial charge is 0.383 e. The Balaban J connectivity index is 2.90. The first-order valence-electron chi connectivity index (χ1n) is 4.72. The number of halogens is 1. The molecule has 1 atom stereocenters. The van der Waals surface area contributed by atoms with Crippen molar-refractivity contribution in [1.29, 1.82) is 0 Å². The van der Waals surface area contributed by atoms with Crippen molar-refractivity contribution >= 4 is 21.6 Å². The summed E-state index contributed by atoms with van der Waals surface area (Å²) in [5.41, 5.74) is 6.47. The molecule has 0 amide bonds. The van der Waals surface area contributed by atoms with Crippen molar-refractivity contribution in [1.82, 2.24) is 0 Å². The molecule has 0 fully saturated rings. The molecule has 1 aromatic rings. The van der Waals surface area contributed by atoms with Crippen molar-refractivity contribution in [2.75, 3.05) is 13.7 Å². The van der Waals surface area contributed by atoms with Crippen molar-refractivity contribution in [3.05, 3.63) is 38.3 Å². The predicted molar refractivity (Wildman–Crippen MR) is 64.4 cm³/mol. The topological polar surface area (TPSA) is 78.4 Å².